The van der Waals surface area contributed by atoms with E-state index in [1.165, 1.54) is 30.3 Å². The molecular weight excluding hydrogens is 319 g/mol. The lowest BCUT2D eigenvalue weighted by Gasteiger charge is -2.03. The Kier molecular flexibility index (Phi) is 5.29. The molecule has 0 unspecified atom stereocenters. The first-order chi connectivity index (χ1) is 11.5. The Morgan fingerprint density at radius 1 is 1.08 bits per heavy atom. The summed E-state index contributed by atoms with van der Waals surface area (Å²) in [5, 5.41) is 16.6. The van der Waals surface area contributed by atoms with Gasteiger partial charge in [-0.3, -0.25) is 19.7 Å². The van der Waals surface area contributed by atoms with Gasteiger partial charge in [-0.05, 0) is 30.3 Å². The minimum absolute atomic E-state index is 0.168. The topological polar surface area (TPSA) is 114 Å². The van der Waals surface area contributed by atoms with Crippen LogP contribution in [0.15, 0.2) is 53.6 Å². The first kappa shape index (κ1) is 16.7. The maximum atomic E-state index is 12.7. The van der Waals surface area contributed by atoms with Gasteiger partial charge in [0.1, 0.15) is 5.82 Å². The molecule has 0 radical (unpaired) electrons. The number of nitrogens with one attached hydrogen (secondary N) is 2. The van der Waals surface area contributed by atoms with E-state index in [0.29, 0.717) is 0 Å². The van der Waals surface area contributed by atoms with E-state index in [0.717, 1.165) is 18.3 Å². The van der Waals surface area contributed by atoms with E-state index in [-0.39, 0.29) is 16.9 Å². The van der Waals surface area contributed by atoms with Crippen molar-refractivity contribution >= 4 is 29.4 Å². The molecule has 2 aromatic rings. The number of rotatable bonds is 4. The maximum Gasteiger partial charge on any atom is 0.329 e. The molecule has 0 atom stereocenters. The van der Waals surface area contributed by atoms with E-state index in [2.05, 4.69) is 10.4 Å². The van der Waals surface area contributed by atoms with E-state index in [1.54, 1.807) is 6.07 Å². The van der Waals surface area contributed by atoms with E-state index >= 15 is 0 Å². The van der Waals surface area contributed by atoms with Gasteiger partial charge < -0.3 is 5.32 Å². The minimum atomic E-state index is -1.07. The predicted molar refractivity (Wildman–Crippen MR) is 83.9 cm³/mol. The summed E-state index contributed by atoms with van der Waals surface area (Å²) in [5.41, 5.74) is 2.17. The fourth-order valence-electron chi connectivity index (χ4n) is 1.70. The summed E-state index contributed by atoms with van der Waals surface area (Å²) in [6, 6.07) is 10.6. The summed E-state index contributed by atoms with van der Waals surface area (Å²) in [7, 11) is 0. The summed E-state index contributed by atoms with van der Waals surface area (Å²) in [4.78, 5) is 33.4. The molecule has 0 aliphatic carbocycles. The predicted octanol–water partition coefficient (Wildman–Crippen LogP) is 1.82. The molecule has 2 rings (SSSR count). The standard InChI is InChI=1S/C15H11FN4O4/c16-11-5-7-12(8-6-11)18-14(21)15(22)19-17-9-10-3-1-2-4-13(10)20(23)24/h1-9H,(H,18,21)(H,19,22)/b17-9+. The van der Waals surface area contributed by atoms with Crippen molar-refractivity contribution in [3.05, 3.63) is 70.0 Å². The van der Waals surface area contributed by atoms with Crippen molar-refractivity contribution < 1.29 is 18.9 Å². The third-order valence-corrected chi connectivity index (χ3v) is 2.81. The lowest BCUT2D eigenvalue weighted by molar-refractivity contribution is -0.385. The van der Waals surface area contributed by atoms with Gasteiger partial charge >= 0.3 is 11.8 Å². The van der Waals surface area contributed by atoms with Crippen LogP contribution in [0.4, 0.5) is 15.8 Å². The van der Waals surface area contributed by atoms with Crippen molar-refractivity contribution in [3.63, 3.8) is 0 Å². The fraction of sp³-hybridized carbons (Fsp3) is 0. The van der Waals surface area contributed by atoms with Crippen LogP contribution in [-0.2, 0) is 9.59 Å². The molecule has 2 N–H and O–H groups in total. The largest absolute Gasteiger partial charge is 0.329 e. The average Bonchev–Trinajstić information content (AvgIpc) is 2.57. The second-order valence-electron chi connectivity index (χ2n) is 4.48. The zero-order chi connectivity index (χ0) is 17.5. The Morgan fingerprint density at radius 2 is 1.75 bits per heavy atom. The molecule has 0 saturated carbocycles. The van der Waals surface area contributed by atoms with Crippen molar-refractivity contribution in [2.75, 3.05) is 5.32 Å². The molecule has 0 aliphatic heterocycles. The van der Waals surface area contributed by atoms with Gasteiger partial charge in [0.25, 0.3) is 5.69 Å². The summed E-state index contributed by atoms with van der Waals surface area (Å²) >= 11 is 0. The Balaban J connectivity index is 1.96. The molecule has 2 amide bonds. The van der Waals surface area contributed by atoms with Gasteiger partial charge in [-0.1, -0.05) is 12.1 Å². The number of carbonyl (C=O) groups excluding carboxylic acids is 2. The highest BCUT2D eigenvalue weighted by atomic mass is 19.1. The molecule has 0 aromatic heterocycles. The van der Waals surface area contributed by atoms with Crippen molar-refractivity contribution in [2.24, 2.45) is 5.10 Å². The molecule has 2 aromatic carbocycles. The lowest BCUT2D eigenvalue weighted by atomic mass is 10.2. The van der Waals surface area contributed by atoms with Gasteiger partial charge in [0, 0.05) is 11.8 Å². The van der Waals surface area contributed by atoms with Gasteiger partial charge in [-0.2, -0.15) is 5.10 Å². The van der Waals surface area contributed by atoms with Crippen molar-refractivity contribution in [1.29, 1.82) is 0 Å². The SMILES string of the molecule is O=C(N/N=C/c1ccccc1[N+](=O)[O-])C(=O)Nc1ccc(F)cc1. The number of hydrogen-bond acceptors (Lipinski definition) is 5. The van der Waals surface area contributed by atoms with Crippen LogP contribution >= 0.6 is 0 Å². The van der Waals surface area contributed by atoms with Crippen LogP contribution in [0.5, 0.6) is 0 Å². The second-order valence-corrected chi connectivity index (χ2v) is 4.48. The van der Waals surface area contributed by atoms with Crippen LogP contribution in [0, 0.1) is 15.9 Å². The third-order valence-electron chi connectivity index (χ3n) is 2.81. The number of para-hydroxylation sites is 1. The molecule has 122 valence electrons. The van der Waals surface area contributed by atoms with Crippen molar-refractivity contribution in [2.45, 2.75) is 0 Å². The number of hydrogen-bond donors (Lipinski definition) is 2. The van der Waals surface area contributed by atoms with Crippen molar-refractivity contribution in [3.8, 4) is 0 Å². The van der Waals surface area contributed by atoms with Gasteiger partial charge in [0.05, 0.1) is 16.7 Å². The minimum Gasteiger partial charge on any atom is -0.318 e. The number of hydrazone groups is 1. The van der Waals surface area contributed by atoms with Crippen LogP contribution < -0.4 is 10.7 Å². The highest BCUT2D eigenvalue weighted by molar-refractivity contribution is 6.39. The fourth-order valence-corrected chi connectivity index (χ4v) is 1.70. The zero-order valence-corrected chi connectivity index (χ0v) is 12.1. The quantitative estimate of drug-likeness (QED) is 0.385. The molecule has 0 fully saturated rings. The summed E-state index contributed by atoms with van der Waals surface area (Å²) < 4.78 is 12.7. The first-order valence-corrected chi connectivity index (χ1v) is 6.61. The van der Waals surface area contributed by atoms with E-state index < -0.39 is 22.6 Å². The van der Waals surface area contributed by atoms with Crippen LogP contribution in [0.3, 0.4) is 0 Å². The first-order valence-electron chi connectivity index (χ1n) is 6.61. The van der Waals surface area contributed by atoms with Gasteiger partial charge in [0.15, 0.2) is 0 Å². The number of carbonyl (C=O) groups is 2. The number of anilines is 1. The highest BCUT2D eigenvalue weighted by Gasteiger charge is 2.14. The Labute approximate surface area is 135 Å². The van der Waals surface area contributed by atoms with Gasteiger partial charge in [0.2, 0.25) is 0 Å². The van der Waals surface area contributed by atoms with E-state index in [4.69, 9.17) is 0 Å². The molecule has 9 heteroatoms. The van der Waals surface area contributed by atoms with E-state index in [9.17, 15) is 24.1 Å². The van der Waals surface area contributed by atoms with E-state index in [1.807, 2.05) is 5.43 Å². The third kappa shape index (κ3) is 4.44. The normalized spacial score (nSPS) is 10.4. The summed E-state index contributed by atoms with van der Waals surface area (Å²) in [6.45, 7) is 0. The van der Waals surface area contributed by atoms with Gasteiger partial charge in [-0.15, -0.1) is 0 Å². The van der Waals surface area contributed by atoms with Crippen LogP contribution in [-0.4, -0.2) is 23.0 Å². The van der Waals surface area contributed by atoms with Gasteiger partial charge in [-0.25, -0.2) is 9.82 Å². The Bertz CT molecular complexity index is 805. The van der Waals surface area contributed by atoms with Crippen LogP contribution in [0.25, 0.3) is 0 Å². The lowest BCUT2D eigenvalue weighted by Crippen LogP contribution is -2.32. The smallest absolute Gasteiger partial charge is 0.318 e. The highest BCUT2D eigenvalue weighted by Crippen LogP contribution is 2.15. The monoisotopic (exact) mass is 330 g/mol. The number of nitrogens with zero attached hydrogens (tertiary/aromatic N) is 2. The summed E-state index contributed by atoms with van der Waals surface area (Å²) in [6.07, 6.45) is 1.06. The van der Waals surface area contributed by atoms with Crippen molar-refractivity contribution in [1.82, 2.24) is 5.43 Å². The summed E-state index contributed by atoms with van der Waals surface area (Å²) in [5.74, 6) is -2.57. The molecular formula is C15H11FN4O4. The Hall–Kier alpha value is -3.62. The number of benzene rings is 2. The molecule has 0 saturated heterocycles. The number of halogens is 1. The zero-order valence-electron chi connectivity index (χ0n) is 12.1. The molecule has 24 heavy (non-hydrogen) atoms. The number of amides is 2. The molecule has 0 bridgehead atoms. The van der Waals surface area contributed by atoms with Crippen LogP contribution in [0.1, 0.15) is 5.56 Å². The molecule has 0 heterocycles. The molecule has 0 aliphatic rings. The molecule has 0 spiro atoms. The number of nitro benzene ring substituents is 1. The number of nitro groups is 1. The Morgan fingerprint density at radius 3 is 2.42 bits per heavy atom. The molecule has 8 nitrogen and oxygen atoms in total. The average molecular weight is 330 g/mol. The second kappa shape index (κ2) is 7.58. The van der Waals surface area contributed by atoms with Crippen LogP contribution in [0.2, 0.25) is 0 Å². The maximum absolute atomic E-state index is 12.7.